The summed E-state index contributed by atoms with van der Waals surface area (Å²) in [5, 5.41) is 0.480. The first-order chi connectivity index (χ1) is 6.18. The first-order valence-corrected chi connectivity index (χ1v) is 5.01. The number of hydrogen-bond donors (Lipinski definition) is 0. The Balaban J connectivity index is 2.30. The van der Waals surface area contributed by atoms with Crippen molar-refractivity contribution in [3.8, 4) is 0 Å². The van der Waals surface area contributed by atoms with E-state index >= 15 is 0 Å². The van der Waals surface area contributed by atoms with Gasteiger partial charge in [-0.25, -0.2) is 4.39 Å². The van der Waals surface area contributed by atoms with Crippen LogP contribution in [0.15, 0.2) is 18.2 Å². The maximum Gasteiger partial charge on any atom is 0.128 e. The van der Waals surface area contributed by atoms with Crippen LogP contribution in [0.2, 0.25) is 5.02 Å². The Kier molecular flexibility index (Phi) is 2.29. The molecule has 13 heavy (non-hydrogen) atoms. The fraction of sp³-hybridized carbons (Fsp3) is 0.455. The van der Waals surface area contributed by atoms with Crippen molar-refractivity contribution in [2.45, 2.75) is 25.7 Å². The maximum atomic E-state index is 13.4. The summed E-state index contributed by atoms with van der Waals surface area (Å²) in [5.41, 5.74) is 0.836. The van der Waals surface area contributed by atoms with Gasteiger partial charge in [-0.3, -0.25) is 0 Å². The van der Waals surface area contributed by atoms with E-state index in [1.54, 1.807) is 6.07 Å². The summed E-state index contributed by atoms with van der Waals surface area (Å²) in [5.74, 6) is 0.886. The van der Waals surface area contributed by atoms with Crippen molar-refractivity contribution in [1.29, 1.82) is 0 Å². The lowest BCUT2D eigenvalue weighted by Gasteiger charge is -2.34. The molecule has 0 bridgehead atoms. The van der Waals surface area contributed by atoms with Gasteiger partial charge in [0.1, 0.15) is 5.82 Å². The lowest BCUT2D eigenvalue weighted by Crippen LogP contribution is -2.21. The molecule has 1 aliphatic rings. The first kappa shape index (κ1) is 9.01. The Bertz CT molecular complexity index is 322. The Morgan fingerprint density at radius 2 is 2.15 bits per heavy atom. The van der Waals surface area contributed by atoms with Crippen LogP contribution in [-0.2, 0) is 0 Å². The van der Waals surface area contributed by atoms with E-state index < -0.39 is 0 Å². The fourth-order valence-corrected chi connectivity index (χ4v) is 2.09. The third-order valence-corrected chi connectivity index (χ3v) is 3.22. The molecule has 0 spiro atoms. The van der Waals surface area contributed by atoms with Crippen LogP contribution in [0.5, 0.6) is 0 Å². The molecule has 1 aromatic rings. The van der Waals surface area contributed by atoms with Crippen LogP contribution < -0.4 is 0 Å². The highest BCUT2D eigenvalue weighted by molar-refractivity contribution is 6.30. The average Bonchev–Trinajstić information content (AvgIpc) is 2.07. The highest BCUT2D eigenvalue weighted by Crippen LogP contribution is 2.43. The predicted molar refractivity (Wildman–Crippen MR) is 52.5 cm³/mol. The van der Waals surface area contributed by atoms with Crippen LogP contribution in [0.1, 0.15) is 31.2 Å². The van der Waals surface area contributed by atoms with Gasteiger partial charge in [0.05, 0.1) is 0 Å². The van der Waals surface area contributed by atoms with Crippen LogP contribution in [0, 0.1) is 11.7 Å². The molecule has 0 aliphatic heterocycles. The van der Waals surface area contributed by atoms with E-state index in [4.69, 9.17) is 11.6 Å². The van der Waals surface area contributed by atoms with E-state index in [0.29, 0.717) is 16.9 Å². The van der Waals surface area contributed by atoms with Crippen molar-refractivity contribution in [3.05, 3.63) is 34.6 Å². The largest absolute Gasteiger partial charge is 0.207 e. The van der Waals surface area contributed by atoms with Gasteiger partial charge in [-0.1, -0.05) is 24.6 Å². The van der Waals surface area contributed by atoms with Crippen molar-refractivity contribution >= 4 is 11.6 Å². The molecular weight excluding hydrogens is 187 g/mol. The van der Waals surface area contributed by atoms with Gasteiger partial charge >= 0.3 is 0 Å². The second kappa shape index (κ2) is 3.30. The zero-order valence-electron chi connectivity index (χ0n) is 7.56. The van der Waals surface area contributed by atoms with Crippen molar-refractivity contribution < 1.29 is 4.39 Å². The van der Waals surface area contributed by atoms with Gasteiger partial charge in [0, 0.05) is 5.02 Å². The molecule has 0 N–H and O–H groups in total. The molecule has 0 saturated heterocycles. The van der Waals surface area contributed by atoms with E-state index in [2.05, 4.69) is 6.92 Å². The van der Waals surface area contributed by atoms with E-state index in [0.717, 1.165) is 12.0 Å². The summed E-state index contributed by atoms with van der Waals surface area (Å²) in [7, 11) is 0. The summed E-state index contributed by atoms with van der Waals surface area (Å²) in [4.78, 5) is 0. The second-order valence-electron chi connectivity index (χ2n) is 3.83. The molecule has 1 aliphatic carbocycles. The van der Waals surface area contributed by atoms with Crippen LogP contribution >= 0.6 is 11.6 Å². The van der Waals surface area contributed by atoms with E-state index in [9.17, 15) is 4.39 Å². The number of halogens is 2. The Morgan fingerprint density at radius 1 is 1.38 bits per heavy atom. The van der Waals surface area contributed by atoms with Gasteiger partial charge in [0.25, 0.3) is 0 Å². The third-order valence-electron chi connectivity index (χ3n) is 2.98. The van der Waals surface area contributed by atoms with E-state index in [-0.39, 0.29) is 5.82 Å². The van der Waals surface area contributed by atoms with E-state index in [1.807, 2.05) is 6.07 Å². The minimum atomic E-state index is -0.149. The summed E-state index contributed by atoms with van der Waals surface area (Å²) >= 11 is 5.68. The maximum absolute atomic E-state index is 13.4. The van der Waals surface area contributed by atoms with Crippen molar-refractivity contribution in [2.24, 2.45) is 5.92 Å². The normalized spacial score (nSPS) is 27.0. The molecule has 0 unspecified atom stereocenters. The summed E-state index contributed by atoms with van der Waals surface area (Å²) in [6.07, 6.45) is 2.33. The molecule has 0 nitrogen and oxygen atoms in total. The van der Waals surface area contributed by atoms with Crippen molar-refractivity contribution in [2.75, 3.05) is 0 Å². The Labute approximate surface area is 82.7 Å². The summed E-state index contributed by atoms with van der Waals surface area (Å²) in [6.45, 7) is 2.17. The van der Waals surface area contributed by atoms with Gasteiger partial charge in [-0.15, -0.1) is 0 Å². The SMILES string of the molecule is C[C@@H]1CC[C@@H]1c1ccc(Cl)cc1F. The lowest BCUT2D eigenvalue weighted by molar-refractivity contribution is 0.273. The molecule has 0 amide bonds. The zero-order valence-corrected chi connectivity index (χ0v) is 8.31. The molecule has 1 saturated carbocycles. The molecular formula is C11H12ClF. The monoisotopic (exact) mass is 198 g/mol. The minimum absolute atomic E-state index is 0.149. The number of rotatable bonds is 1. The topological polar surface area (TPSA) is 0 Å². The predicted octanol–water partition coefficient (Wildman–Crippen LogP) is 3.99. The summed E-state index contributed by atoms with van der Waals surface area (Å²) in [6, 6.07) is 4.99. The molecule has 0 heterocycles. The Morgan fingerprint density at radius 3 is 2.62 bits per heavy atom. The first-order valence-electron chi connectivity index (χ1n) is 4.63. The smallest absolute Gasteiger partial charge is 0.128 e. The summed E-state index contributed by atoms with van der Waals surface area (Å²) < 4.78 is 13.4. The zero-order chi connectivity index (χ0) is 9.42. The highest BCUT2D eigenvalue weighted by atomic mass is 35.5. The lowest BCUT2D eigenvalue weighted by atomic mass is 9.71. The molecule has 2 rings (SSSR count). The van der Waals surface area contributed by atoms with Crippen LogP contribution in [-0.4, -0.2) is 0 Å². The van der Waals surface area contributed by atoms with Gasteiger partial charge in [-0.2, -0.15) is 0 Å². The Hall–Kier alpha value is -0.560. The molecule has 2 atom stereocenters. The second-order valence-corrected chi connectivity index (χ2v) is 4.26. The van der Waals surface area contributed by atoms with Crippen LogP contribution in [0.3, 0.4) is 0 Å². The van der Waals surface area contributed by atoms with Crippen molar-refractivity contribution in [3.63, 3.8) is 0 Å². The third kappa shape index (κ3) is 1.58. The van der Waals surface area contributed by atoms with Gasteiger partial charge in [0.2, 0.25) is 0 Å². The van der Waals surface area contributed by atoms with E-state index in [1.165, 1.54) is 12.5 Å². The quantitative estimate of drug-likeness (QED) is 0.640. The minimum Gasteiger partial charge on any atom is -0.207 e. The van der Waals surface area contributed by atoms with Crippen LogP contribution in [0.4, 0.5) is 4.39 Å². The van der Waals surface area contributed by atoms with Crippen molar-refractivity contribution in [1.82, 2.24) is 0 Å². The standard InChI is InChI=1S/C11H12ClF/c1-7-2-4-9(7)10-5-3-8(12)6-11(10)13/h3,5-7,9H,2,4H2,1H3/t7-,9+/m1/s1. The number of benzene rings is 1. The fourth-order valence-electron chi connectivity index (χ4n) is 1.93. The molecule has 0 radical (unpaired) electrons. The molecule has 1 aromatic carbocycles. The molecule has 2 heteroatoms. The number of hydrogen-bond acceptors (Lipinski definition) is 0. The highest BCUT2D eigenvalue weighted by Gasteiger charge is 2.29. The van der Waals surface area contributed by atoms with Crippen LogP contribution in [0.25, 0.3) is 0 Å². The van der Waals surface area contributed by atoms with Gasteiger partial charge in [-0.05, 0) is 42.4 Å². The average molecular weight is 199 g/mol. The van der Waals surface area contributed by atoms with Gasteiger partial charge < -0.3 is 0 Å². The molecule has 1 fully saturated rings. The molecule has 0 aromatic heterocycles. The molecule has 70 valence electrons. The van der Waals surface area contributed by atoms with Gasteiger partial charge in [0.15, 0.2) is 0 Å².